The Morgan fingerprint density at radius 3 is 2.28 bits per heavy atom. The van der Waals surface area contributed by atoms with E-state index in [1.165, 1.54) is 4.90 Å². The van der Waals surface area contributed by atoms with Crippen LogP contribution < -0.4 is 11.1 Å². The highest BCUT2D eigenvalue weighted by molar-refractivity contribution is 5.80. The first kappa shape index (κ1) is 17.2. The molecule has 0 saturated heterocycles. The Hall–Kier alpha value is -0.820. The average Bonchev–Trinajstić information content (AvgIpc) is 2.13. The molecule has 0 aliphatic carbocycles. The number of rotatable bonds is 8. The van der Waals surface area contributed by atoms with Crippen LogP contribution in [0.2, 0.25) is 0 Å². The molecule has 1 amide bonds. The van der Waals surface area contributed by atoms with Gasteiger partial charge >= 0.3 is 6.18 Å². The van der Waals surface area contributed by atoms with Crippen molar-refractivity contribution < 1.29 is 18.0 Å². The number of primary amides is 1. The fourth-order valence-corrected chi connectivity index (χ4v) is 1.69. The molecule has 0 heterocycles. The van der Waals surface area contributed by atoms with Crippen LogP contribution >= 0.6 is 0 Å². The maximum atomic E-state index is 12.4. The molecule has 0 aliphatic heterocycles. The second-order valence-electron chi connectivity index (χ2n) is 4.63. The maximum Gasteiger partial charge on any atom is 0.401 e. The Morgan fingerprint density at radius 1 is 1.39 bits per heavy atom. The summed E-state index contributed by atoms with van der Waals surface area (Å²) in [6, 6.07) is -0.782. The normalized spacial score (nSPS) is 14.2. The Labute approximate surface area is 106 Å². The number of nitrogens with zero attached hydrogens (tertiary/aromatic N) is 1. The van der Waals surface area contributed by atoms with Gasteiger partial charge in [0.05, 0.1) is 12.6 Å². The molecule has 1 atom stereocenters. The van der Waals surface area contributed by atoms with Crippen LogP contribution in [0.1, 0.15) is 27.2 Å². The highest BCUT2D eigenvalue weighted by atomic mass is 19.4. The zero-order valence-corrected chi connectivity index (χ0v) is 11.0. The van der Waals surface area contributed by atoms with Gasteiger partial charge in [0.2, 0.25) is 5.91 Å². The van der Waals surface area contributed by atoms with E-state index in [1.54, 1.807) is 6.92 Å². The van der Waals surface area contributed by atoms with Gasteiger partial charge in [-0.1, -0.05) is 20.8 Å². The summed E-state index contributed by atoms with van der Waals surface area (Å²) in [6.07, 6.45) is -3.68. The summed E-state index contributed by atoms with van der Waals surface area (Å²) in [7, 11) is 0. The first-order valence-corrected chi connectivity index (χ1v) is 6.00. The van der Waals surface area contributed by atoms with Gasteiger partial charge in [0.25, 0.3) is 0 Å². The summed E-state index contributed by atoms with van der Waals surface area (Å²) in [5, 5.41) is 2.87. The lowest BCUT2D eigenvalue weighted by molar-refractivity contribution is -0.148. The number of hydrogen-bond donors (Lipinski definition) is 2. The fourth-order valence-electron chi connectivity index (χ4n) is 1.69. The van der Waals surface area contributed by atoms with Gasteiger partial charge < -0.3 is 11.1 Å². The molecular weight excluding hydrogens is 247 g/mol. The molecule has 108 valence electrons. The summed E-state index contributed by atoms with van der Waals surface area (Å²) < 4.78 is 37.1. The zero-order chi connectivity index (χ0) is 14.3. The number of hydrogen-bond acceptors (Lipinski definition) is 3. The van der Waals surface area contributed by atoms with Crippen LogP contribution in [0.4, 0.5) is 13.2 Å². The van der Waals surface area contributed by atoms with Crippen molar-refractivity contribution >= 4 is 5.91 Å². The van der Waals surface area contributed by atoms with Crippen molar-refractivity contribution in [2.75, 3.05) is 19.6 Å². The number of carbonyl (C=O) groups excluding carboxylic acids is 1. The number of nitrogens with two attached hydrogens (primary N) is 1. The smallest absolute Gasteiger partial charge is 0.368 e. The Morgan fingerprint density at radius 2 is 1.94 bits per heavy atom. The molecule has 4 nitrogen and oxygen atoms in total. The van der Waals surface area contributed by atoms with Crippen molar-refractivity contribution in [3.8, 4) is 0 Å². The van der Waals surface area contributed by atoms with Crippen molar-refractivity contribution in [3.05, 3.63) is 0 Å². The van der Waals surface area contributed by atoms with Crippen molar-refractivity contribution in [2.24, 2.45) is 5.73 Å². The molecule has 1 unspecified atom stereocenters. The van der Waals surface area contributed by atoms with Crippen LogP contribution in [0.5, 0.6) is 0 Å². The lowest BCUT2D eigenvalue weighted by Gasteiger charge is -2.28. The third-order valence-corrected chi connectivity index (χ3v) is 2.26. The van der Waals surface area contributed by atoms with E-state index < -0.39 is 24.7 Å². The van der Waals surface area contributed by atoms with Crippen molar-refractivity contribution in [1.82, 2.24) is 10.2 Å². The van der Waals surface area contributed by atoms with Crippen LogP contribution in [-0.4, -0.2) is 48.7 Å². The Kier molecular flexibility index (Phi) is 7.23. The summed E-state index contributed by atoms with van der Waals surface area (Å²) in [6.45, 7) is 4.64. The second-order valence-corrected chi connectivity index (χ2v) is 4.63. The largest absolute Gasteiger partial charge is 0.401 e. The van der Waals surface area contributed by atoms with Gasteiger partial charge in [-0.15, -0.1) is 0 Å². The average molecular weight is 269 g/mol. The molecule has 0 aromatic heterocycles. The van der Waals surface area contributed by atoms with Gasteiger partial charge in [-0.3, -0.25) is 9.69 Å². The maximum absolute atomic E-state index is 12.4. The SMILES string of the molecule is CCCN(CC(NC(C)C)C(N)=O)CC(F)(F)F. The van der Waals surface area contributed by atoms with Crippen LogP contribution in [0.3, 0.4) is 0 Å². The molecule has 0 saturated carbocycles. The van der Waals surface area contributed by atoms with E-state index in [0.717, 1.165) is 0 Å². The van der Waals surface area contributed by atoms with Crippen molar-refractivity contribution in [2.45, 2.75) is 45.5 Å². The first-order valence-electron chi connectivity index (χ1n) is 6.00. The number of alkyl halides is 3. The van der Waals surface area contributed by atoms with E-state index in [2.05, 4.69) is 5.32 Å². The predicted molar refractivity (Wildman–Crippen MR) is 64.0 cm³/mol. The second kappa shape index (κ2) is 7.58. The van der Waals surface area contributed by atoms with Crippen LogP contribution in [0, 0.1) is 0 Å². The third kappa shape index (κ3) is 8.30. The minimum Gasteiger partial charge on any atom is -0.368 e. The molecule has 0 bridgehead atoms. The van der Waals surface area contributed by atoms with Crippen LogP contribution in [0.25, 0.3) is 0 Å². The van der Waals surface area contributed by atoms with E-state index in [4.69, 9.17) is 5.73 Å². The lowest BCUT2D eigenvalue weighted by Crippen LogP contribution is -2.52. The molecule has 18 heavy (non-hydrogen) atoms. The number of halogens is 3. The number of amides is 1. The van der Waals surface area contributed by atoms with Crippen molar-refractivity contribution in [3.63, 3.8) is 0 Å². The van der Waals surface area contributed by atoms with Gasteiger partial charge in [0, 0.05) is 12.6 Å². The monoisotopic (exact) mass is 269 g/mol. The molecule has 0 aromatic carbocycles. The molecule has 0 aliphatic rings. The van der Waals surface area contributed by atoms with Gasteiger partial charge in [0.1, 0.15) is 0 Å². The highest BCUT2D eigenvalue weighted by Crippen LogP contribution is 2.16. The summed E-state index contributed by atoms with van der Waals surface area (Å²) in [5.41, 5.74) is 5.18. The van der Waals surface area contributed by atoms with Gasteiger partial charge in [-0.2, -0.15) is 13.2 Å². The summed E-state index contributed by atoms with van der Waals surface area (Å²) >= 11 is 0. The number of nitrogens with one attached hydrogen (secondary N) is 1. The summed E-state index contributed by atoms with van der Waals surface area (Å²) in [5.74, 6) is -0.632. The van der Waals surface area contributed by atoms with E-state index in [9.17, 15) is 18.0 Å². The van der Waals surface area contributed by atoms with E-state index in [1.807, 2.05) is 13.8 Å². The molecule has 7 heteroatoms. The van der Waals surface area contributed by atoms with Crippen LogP contribution in [0.15, 0.2) is 0 Å². The highest BCUT2D eigenvalue weighted by Gasteiger charge is 2.32. The minimum atomic E-state index is -4.27. The molecule has 3 N–H and O–H groups in total. The van der Waals surface area contributed by atoms with Gasteiger partial charge in [0.15, 0.2) is 0 Å². The van der Waals surface area contributed by atoms with E-state index in [0.29, 0.717) is 6.42 Å². The molecular formula is C11H22F3N3O. The van der Waals surface area contributed by atoms with E-state index in [-0.39, 0.29) is 19.1 Å². The molecule has 0 rings (SSSR count). The first-order chi connectivity index (χ1) is 8.15. The molecule has 0 fully saturated rings. The van der Waals surface area contributed by atoms with Crippen molar-refractivity contribution in [1.29, 1.82) is 0 Å². The third-order valence-electron chi connectivity index (χ3n) is 2.26. The Bertz CT molecular complexity index is 256. The minimum absolute atomic E-state index is 0.0168. The standard InChI is InChI=1S/C11H22F3N3O/c1-4-5-17(7-11(12,13)14)6-9(10(15)18)16-8(2)3/h8-9,16H,4-7H2,1-3H3,(H2,15,18). The molecule has 0 radical (unpaired) electrons. The molecule has 0 aromatic rings. The zero-order valence-electron chi connectivity index (χ0n) is 11.0. The predicted octanol–water partition coefficient (Wildman–Crippen LogP) is 1.11. The molecule has 0 spiro atoms. The fraction of sp³-hybridized carbons (Fsp3) is 0.909. The van der Waals surface area contributed by atoms with Crippen LogP contribution in [-0.2, 0) is 4.79 Å². The lowest BCUT2D eigenvalue weighted by atomic mass is 10.2. The summed E-state index contributed by atoms with van der Waals surface area (Å²) in [4.78, 5) is 12.4. The Balaban J connectivity index is 4.55. The topological polar surface area (TPSA) is 58.4 Å². The van der Waals surface area contributed by atoms with Gasteiger partial charge in [-0.05, 0) is 13.0 Å². The quantitative estimate of drug-likeness (QED) is 0.694. The van der Waals surface area contributed by atoms with Gasteiger partial charge in [-0.25, -0.2) is 0 Å². The van der Waals surface area contributed by atoms with E-state index >= 15 is 0 Å². The number of carbonyl (C=O) groups is 1.